The molecule has 0 fully saturated rings. The number of anilines is 1. The highest BCUT2D eigenvalue weighted by Crippen LogP contribution is 2.28. The van der Waals surface area contributed by atoms with Gasteiger partial charge in [0.2, 0.25) is 11.1 Å². The summed E-state index contributed by atoms with van der Waals surface area (Å²) in [4.78, 5) is 17.0. The van der Waals surface area contributed by atoms with Gasteiger partial charge in [-0.15, -0.1) is 16.4 Å². The third kappa shape index (κ3) is 4.28. The second-order valence-electron chi connectivity index (χ2n) is 6.70. The van der Waals surface area contributed by atoms with E-state index in [1.54, 1.807) is 4.68 Å². The summed E-state index contributed by atoms with van der Waals surface area (Å²) in [6.45, 7) is 7.86. The van der Waals surface area contributed by atoms with Crippen LogP contribution in [-0.2, 0) is 10.3 Å². The lowest BCUT2D eigenvalue weighted by Gasteiger charge is -2.20. The molecule has 0 aliphatic rings. The Morgan fingerprint density at radius 3 is 2.69 bits per heavy atom. The molecule has 1 aromatic carbocycles. The molecule has 3 rings (SSSR count). The monoisotopic (exact) mass is 388 g/mol. The molecule has 0 aliphatic carbocycles. The maximum Gasteiger partial charge on any atom is 0.239 e. The summed E-state index contributed by atoms with van der Waals surface area (Å²) in [5.74, 6) is -0.132. The molecule has 0 spiro atoms. The molecular formula is C17H20N6OS2. The first kappa shape index (κ1) is 18.5. The smallest absolute Gasteiger partial charge is 0.239 e. The number of amides is 1. The quantitative estimate of drug-likeness (QED) is 0.671. The van der Waals surface area contributed by atoms with Crippen molar-refractivity contribution in [1.29, 1.82) is 0 Å². The minimum absolute atomic E-state index is 0.132. The van der Waals surface area contributed by atoms with E-state index in [-0.39, 0.29) is 16.7 Å². The predicted octanol–water partition coefficient (Wildman–Crippen LogP) is 3.67. The molecule has 0 radical (unpaired) electrons. The van der Waals surface area contributed by atoms with Gasteiger partial charge in [0.1, 0.15) is 0 Å². The van der Waals surface area contributed by atoms with Gasteiger partial charge >= 0.3 is 0 Å². The fraction of sp³-hybridized carbons (Fsp3) is 0.353. The molecule has 26 heavy (non-hydrogen) atoms. The van der Waals surface area contributed by atoms with Crippen LogP contribution in [0.3, 0.4) is 0 Å². The van der Waals surface area contributed by atoms with Gasteiger partial charge in [0.15, 0.2) is 5.13 Å². The number of benzene rings is 1. The number of nitrogens with one attached hydrogen (secondary N) is 1. The van der Waals surface area contributed by atoms with E-state index in [2.05, 4.69) is 25.8 Å². The normalized spacial score (nSPS) is 12.8. The molecular weight excluding hydrogens is 368 g/mol. The average Bonchev–Trinajstić information content (AvgIpc) is 3.24. The Hall–Kier alpha value is -2.26. The summed E-state index contributed by atoms with van der Waals surface area (Å²) in [5.41, 5.74) is 1.63. The Balaban J connectivity index is 1.65. The van der Waals surface area contributed by atoms with Gasteiger partial charge in [0.05, 0.1) is 16.5 Å². The van der Waals surface area contributed by atoms with Crippen LogP contribution in [-0.4, -0.2) is 36.3 Å². The van der Waals surface area contributed by atoms with Gasteiger partial charge in [-0.1, -0.05) is 42.1 Å². The first-order chi connectivity index (χ1) is 12.3. The van der Waals surface area contributed by atoms with Crippen molar-refractivity contribution < 1.29 is 4.79 Å². The molecule has 1 N–H and O–H groups in total. The molecule has 3 aromatic rings. The molecule has 1 atom stereocenters. The second-order valence-corrected chi connectivity index (χ2v) is 8.86. The van der Waals surface area contributed by atoms with E-state index in [0.29, 0.717) is 10.3 Å². The van der Waals surface area contributed by atoms with Crippen LogP contribution in [0.4, 0.5) is 5.13 Å². The number of thioether (sulfide) groups is 1. The number of thiazole rings is 1. The first-order valence-electron chi connectivity index (χ1n) is 8.12. The summed E-state index contributed by atoms with van der Waals surface area (Å²) in [5, 5.41) is 17.4. The Kier molecular flexibility index (Phi) is 5.38. The Labute approximate surface area is 160 Å². The number of nitrogens with zero attached hydrogens (tertiary/aromatic N) is 5. The van der Waals surface area contributed by atoms with Crippen molar-refractivity contribution in [1.82, 2.24) is 25.2 Å². The van der Waals surface area contributed by atoms with Crippen LogP contribution in [0, 0.1) is 0 Å². The van der Waals surface area contributed by atoms with Gasteiger partial charge < -0.3 is 5.32 Å². The molecule has 1 amide bonds. The van der Waals surface area contributed by atoms with Crippen LogP contribution in [0.5, 0.6) is 0 Å². The summed E-state index contributed by atoms with van der Waals surface area (Å²) in [7, 11) is 0. The second kappa shape index (κ2) is 7.55. The topological polar surface area (TPSA) is 85.6 Å². The van der Waals surface area contributed by atoms with Gasteiger partial charge in [-0.3, -0.25) is 4.79 Å². The zero-order chi connectivity index (χ0) is 18.7. The molecule has 136 valence electrons. The molecule has 1 unspecified atom stereocenters. The van der Waals surface area contributed by atoms with Crippen molar-refractivity contribution in [2.45, 2.75) is 43.6 Å². The standard InChI is InChI=1S/C17H20N6OS2/c1-11(26-16-20-21-22-23(16)17(2,3)4)14(24)19-15-18-13(10-25-15)12-8-6-5-7-9-12/h5-11H,1-4H3,(H,18,19,24). The summed E-state index contributed by atoms with van der Waals surface area (Å²) in [6.07, 6.45) is 0. The number of aromatic nitrogens is 5. The van der Waals surface area contributed by atoms with Crippen LogP contribution in [0.15, 0.2) is 40.9 Å². The van der Waals surface area contributed by atoms with Crippen LogP contribution >= 0.6 is 23.1 Å². The Bertz CT molecular complexity index is 884. The maximum absolute atomic E-state index is 12.5. The number of tetrazole rings is 1. The van der Waals surface area contributed by atoms with Crippen LogP contribution in [0.1, 0.15) is 27.7 Å². The van der Waals surface area contributed by atoms with E-state index in [1.807, 2.05) is 63.4 Å². The van der Waals surface area contributed by atoms with Crippen molar-refractivity contribution in [3.63, 3.8) is 0 Å². The van der Waals surface area contributed by atoms with Gasteiger partial charge in [-0.05, 0) is 38.1 Å². The highest BCUT2D eigenvalue weighted by molar-refractivity contribution is 8.00. The number of rotatable bonds is 5. The van der Waals surface area contributed by atoms with E-state index in [9.17, 15) is 4.79 Å². The zero-order valence-electron chi connectivity index (χ0n) is 15.0. The van der Waals surface area contributed by atoms with Crippen LogP contribution < -0.4 is 5.32 Å². The number of carbonyl (C=O) groups excluding carboxylic acids is 1. The molecule has 0 aliphatic heterocycles. The summed E-state index contributed by atoms with van der Waals surface area (Å²) in [6, 6.07) is 9.87. The van der Waals surface area contributed by atoms with Gasteiger partial charge in [-0.25, -0.2) is 9.67 Å². The third-order valence-electron chi connectivity index (χ3n) is 3.53. The maximum atomic E-state index is 12.5. The highest BCUT2D eigenvalue weighted by atomic mass is 32.2. The fourth-order valence-electron chi connectivity index (χ4n) is 2.16. The van der Waals surface area contributed by atoms with E-state index < -0.39 is 0 Å². The van der Waals surface area contributed by atoms with Crippen molar-refractivity contribution in [2.75, 3.05) is 5.32 Å². The Morgan fingerprint density at radius 2 is 2.00 bits per heavy atom. The summed E-state index contributed by atoms with van der Waals surface area (Å²) >= 11 is 2.73. The summed E-state index contributed by atoms with van der Waals surface area (Å²) < 4.78 is 1.72. The van der Waals surface area contributed by atoms with Crippen LogP contribution in [0.2, 0.25) is 0 Å². The highest BCUT2D eigenvalue weighted by Gasteiger charge is 2.24. The largest absolute Gasteiger partial charge is 0.301 e. The average molecular weight is 389 g/mol. The van der Waals surface area contributed by atoms with Gasteiger partial charge in [-0.2, -0.15) is 0 Å². The number of carbonyl (C=O) groups is 1. The first-order valence-corrected chi connectivity index (χ1v) is 9.88. The molecule has 2 heterocycles. The number of hydrogen-bond donors (Lipinski definition) is 1. The van der Waals surface area contributed by atoms with E-state index >= 15 is 0 Å². The lowest BCUT2D eigenvalue weighted by molar-refractivity contribution is -0.115. The molecule has 0 saturated carbocycles. The lowest BCUT2D eigenvalue weighted by Crippen LogP contribution is -2.27. The van der Waals surface area contributed by atoms with Crippen molar-refractivity contribution in [3.8, 4) is 11.3 Å². The van der Waals surface area contributed by atoms with Crippen LogP contribution in [0.25, 0.3) is 11.3 Å². The van der Waals surface area contributed by atoms with Gasteiger partial charge in [0.25, 0.3) is 0 Å². The van der Waals surface area contributed by atoms with E-state index in [4.69, 9.17) is 0 Å². The number of hydrogen-bond acceptors (Lipinski definition) is 7. The molecule has 7 nitrogen and oxygen atoms in total. The van der Waals surface area contributed by atoms with E-state index in [1.165, 1.54) is 23.1 Å². The van der Waals surface area contributed by atoms with Gasteiger partial charge in [0, 0.05) is 10.9 Å². The van der Waals surface area contributed by atoms with Crippen molar-refractivity contribution in [3.05, 3.63) is 35.7 Å². The fourth-order valence-corrected chi connectivity index (χ4v) is 3.86. The zero-order valence-corrected chi connectivity index (χ0v) is 16.6. The minimum Gasteiger partial charge on any atom is -0.301 e. The Morgan fingerprint density at radius 1 is 1.27 bits per heavy atom. The third-order valence-corrected chi connectivity index (χ3v) is 5.32. The lowest BCUT2D eigenvalue weighted by atomic mass is 10.1. The predicted molar refractivity (Wildman–Crippen MR) is 104 cm³/mol. The molecule has 0 bridgehead atoms. The SMILES string of the molecule is CC(Sc1nnnn1C(C)(C)C)C(=O)Nc1nc(-c2ccccc2)cs1. The minimum atomic E-state index is -0.355. The van der Waals surface area contributed by atoms with E-state index in [0.717, 1.165) is 11.3 Å². The molecule has 9 heteroatoms. The molecule has 0 saturated heterocycles. The molecule has 2 aromatic heterocycles. The van der Waals surface area contributed by atoms with Crippen molar-refractivity contribution in [2.24, 2.45) is 0 Å². The van der Waals surface area contributed by atoms with Crippen molar-refractivity contribution >= 4 is 34.1 Å².